The summed E-state index contributed by atoms with van der Waals surface area (Å²) < 4.78 is 17.3. The number of carbonyl (C=O) groups is 2. The van der Waals surface area contributed by atoms with Crippen molar-refractivity contribution in [1.82, 2.24) is 5.43 Å². The predicted molar refractivity (Wildman–Crippen MR) is 160 cm³/mol. The van der Waals surface area contributed by atoms with Gasteiger partial charge in [0.15, 0.2) is 18.1 Å². The minimum atomic E-state index is -0.446. The fourth-order valence-electron chi connectivity index (χ4n) is 3.73. The standard InChI is InChI=1S/C32H30ClN3O5/c1-3-39-30-18-24(11-15-29(30)40-20-23-7-5-4-6-8-23)32(38)36-34-19-25-17-26(33)12-16-28(25)41-21-31(37)35-27-13-9-22(2)10-14-27/h4-19H,3,20-21H2,1-2H3,(H,35,37)(H,36,38)/b34-19+. The number of hydrazone groups is 1. The second-order valence-electron chi connectivity index (χ2n) is 8.95. The third-order valence-electron chi connectivity index (χ3n) is 5.78. The third kappa shape index (κ3) is 8.84. The molecule has 2 amide bonds. The van der Waals surface area contributed by atoms with Crippen molar-refractivity contribution in [3.8, 4) is 17.2 Å². The highest BCUT2D eigenvalue weighted by molar-refractivity contribution is 6.30. The van der Waals surface area contributed by atoms with Crippen molar-refractivity contribution in [2.24, 2.45) is 5.10 Å². The van der Waals surface area contributed by atoms with Gasteiger partial charge in [0.2, 0.25) is 0 Å². The van der Waals surface area contributed by atoms with E-state index in [0.717, 1.165) is 11.1 Å². The number of hydrogen-bond donors (Lipinski definition) is 2. The number of halogens is 1. The maximum absolute atomic E-state index is 12.8. The van der Waals surface area contributed by atoms with E-state index in [1.54, 1.807) is 36.4 Å². The summed E-state index contributed by atoms with van der Waals surface area (Å²) in [6.45, 7) is 4.38. The number of anilines is 1. The second-order valence-corrected chi connectivity index (χ2v) is 9.39. The van der Waals surface area contributed by atoms with Crippen LogP contribution in [0.15, 0.2) is 96.1 Å². The molecule has 41 heavy (non-hydrogen) atoms. The van der Waals surface area contributed by atoms with Crippen LogP contribution in [0.25, 0.3) is 0 Å². The molecule has 2 N–H and O–H groups in total. The molecule has 0 aliphatic rings. The van der Waals surface area contributed by atoms with E-state index in [1.165, 1.54) is 6.21 Å². The quantitative estimate of drug-likeness (QED) is 0.151. The molecule has 0 aliphatic carbocycles. The monoisotopic (exact) mass is 571 g/mol. The van der Waals surface area contributed by atoms with Crippen LogP contribution in [0, 0.1) is 6.92 Å². The van der Waals surface area contributed by atoms with Gasteiger partial charge < -0.3 is 19.5 Å². The Morgan fingerprint density at radius 1 is 0.854 bits per heavy atom. The maximum atomic E-state index is 12.8. The average molecular weight is 572 g/mol. The van der Waals surface area contributed by atoms with E-state index in [1.807, 2.05) is 68.4 Å². The summed E-state index contributed by atoms with van der Waals surface area (Å²) in [7, 11) is 0. The second kappa shape index (κ2) is 14.5. The number of amides is 2. The number of rotatable bonds is 12. The Morgan fingerprint density at radius 3 is 2.37 bits per heavy atom. The third-order valence-corrected chi connectivity index (χ3v) is 6.01. The van der Waals surface area contributed by atoms with E-state index in [0.29, 0.717) is 52.3 Å². The molecular weight excluding hydrogens is 542 g/mol. The van der Waals surface area contributed by atoms with E-state index >= 15 is 0 Å². The molecule has 4 rings (SSSR count). The molecular formula is C32H30ClN3O5. The molecule has 0 spiro atoms. The zero-order valence-corrected chi connectivity index (χ0v) is 23.5. The highest BCUT2D eigenvalue weighted by atomic mass is 35.5. The Hall–Kier alpha value is -4.82. The molecule has 9 heteroatoms. The van der Waals surface area contributed by atoms with E-state index in [9.17, 15) is 9.59 Å². The van der Waals surface area contributed by atoms with Crippen molar-refractivity contribution < 1.29 is 23.8 Å². The molecule has 0 aromatic heterocycles. The molecule has 210 valence electrons. The van der Waals surface area contributed by atoms with Crippen molar-refractivity contribution in [3.63, 3.8) is 0 Å². The van der Waals surface area contributed by atoms with E-state index in [2.05, 4.69) is 15.8 Å². The zero-order chi connectivity index (χ0) is 29.0. The van der Waals surface area contributed by atoms with Crippen molar-refractivity contribution >= 4 is 35.3 Å². The molecule has 4 aromatic carbocycles. The molecule has 0 atom stereocenters. The minimum Gasteiger partial charge on any atom is -0.490 e. The topological polar surface area (TPSA) is 98.3 Å². The Balaban J connectivity index is 1.37. The molecule has 0 heterocycles. The van der Waals surface area contributed by atoms with E-state index in [4.69, 9.17) is 25.8 Å². The first-order chi connectivity index (χ1) is 19.9. The summed E-state index contributed by atoms with van der Waals surface area (Å²) in [6, 6.07) is 27.0. The number of benzene rings is 4. The summed E-state index contributed by atoms with van der Waals surface area (Å²) in [6.07, 6.45) is 1.40. The van der Waals surface area contributed by atoms with Crippen molar-refractivity contribution in [2.45, 2.75) is 20.5 Å². The fraction of sp³-hybridized carbons (Fsp3) is 0.156. The first-order valence-corrected chi connectivity index (χ1v) is 13.3. The van der Waals surface area contributed by atoms with Crippen LogP contribution >= 0.6 is 11.6 Å². The lowest BCUT2D eigenvalue weighted by atomic mass is 10.2. The molecule has 0 saturated carbocycles. The van der Waals surface area contributed by atoms with Crippen LogP contribution in [-0.4, -0.2) is 31.2 Å². The Kier molecular flexibility index (Phi) is 10.3. The highest BCUT2D eigenvalue weighted by Crippen LogP contribution is 2.29. The number of nitrogens with one attached hydrogen (secondary N) is 2. The van der Waals surface area contributed by atoms with Gasteiger partial charge in [-0.1, -0.05) is 59.6 Å². The van der Waals surface area contributed by atoms with Gasteiger partial charge in [-0.05, 0) is 67.9 Å². The van der Waals surface area contributed by atoms with Crippen LogP contribution in [0.2, 0.25) is 5.02 Å². The smallest absolute Gasteiger partial charge is 0.271 e. The molecule has 0 aliphatic heterocycles. The highest BCUT2D eigenvalue weighted by Gasteiger charge is 2.12. The normalized spacial score (nSPS) is 10.7. The van der Waals surface area contributed by atoms with Gasteiger partial charge in [-0.3, -0.25) is 9.59 Å². The molecule has 0 unspecified atom stereocenters. The Morgan fingerprint density at radius 2 is 1.61 bits per heavy atom. The van der Waals surface area contributed by atoms with Gasteiger partial charge in [0.05, 0.1) is 12.8 Å². The summed E-state index contributed by atoms with van der Waals surface area (Å²) in [5.74, 6) is 0.600. The van der Waals surface area contributed by atoms with E-state index in [-0.39, 0.29) is 12.5 Å². The van der Waals surface area contributed by atoms with Crippen LogP contribution in [0.5, 0.6) is 17.2 Å². The van der Waals surface area contributed by atoms with E-state index < -0.39 is 5.91 Å². The lowest BCUT2D eigenvalue weighted by molar-refractivity contribution is -0.118. The summed E-state index contributed by atoms with van der Waals surface area (Å²) in [5.41, 5.74) is 6.11. The van der Waals surface area contributed by atoms with Crippen molar-refractivity contribution in [3.05, 3.63) is 118 Å². The van der Waals surface area contributed by atoms with Gasteiger partial charge in [-0.2, -0.15) is 5.10 Å². The lowest BCUT2D eigenvalue weighted by Crippen LogP contribution is -2.20. The van der Waals surface area contributed by atoms with Crippen molar-refractivity contribution in [2.75, 3.05) is 18.5 Å². The first-order valence-electron chi connectivity index (χ1n) is 13.0. The molecule has 4 aromatic rings. The SMILES string of the molecule is CCOc1cc(C(=O)N/N=C/c2cc(Cl)ccc2OCC(=O)Nc2ccc(C)cc2)ccc1OCc1ccccc1. The minimum absolute atomic E-state index is 0.221. The number of hydrogen-bond acceptors (Lipinski definition) is 6. The van der Waals surface area contributed by atoms with Gasteiger partial charge in [0.25, 0.3) is 11.8 Å². The molecule has 0 fully saturated rings. The van der Waals surface area contributed by atoms with Gasteiger partial charge in [0, 0.05) is 21.8 Å². The summed E-state index contributed by atoms with van der Waals surface area (Å²) >= 11 is 6.15. The van der Waals surface area contributed by atoms with Gasteiger partial charge in [-0.25, -0.2) is 5.43 Å². The lowest BCUT2D eigenvalue weighted by Gasteiger charge is -2.13. The first kappa shape index (κ1) is 29.2. The number of aryl methyl sites for hydroxylation is 1. The maximum Gasteiger partial charge on any atom is 0.271 e. The van der Waals surface area contributed by atoms with Crippen LogP contribution < -0.4 is 25.0 Å². The number of ether oxygens (including phenoxy) is 3. The fourth-order valence-corrected chi connectivity index (χ4v) is 3.91. The molecule has 0 radical (unpaired) electrons. The van der Waals surface area contributed by atoms with Crippen LogP contribution in [0.1, 0.15) is 34.0 Å². The van der Waals surface area contributed by atoms with Crippen LogP contribution in [-0.2, 0) is 11.4 Å². The van der Waals surface area contributed by atoms with Gasteiger partial charge in [-0.15, -0.1) is 0 Å². The summed E-state index contributed by atoms with van der Waals surface area (Å²) in [4.78, 5) is 25.2. The average Bonchev–Trinajstić information content (AvgIpc) is 2.98. The summed E-state index contributed by atoms with van der Waals surface area (Å²) in [5, 5.41) is 7.29. The number of nitrogens with zero attached hydrogens (tertiary/aromatic N) is 1. The Labute approximate surface area is 243 Å². The van der Waals surface area contributed by atoms with Crippen LogP contribution in [0.4, 0.5) is 5.69 Å². The zero-order valence-electron chi connectivity index (χ0n) is 22.7. The number of carbonyl (C=O) groups excluding carboxylic acids is 2. The largest absolute Gasteiger partial charge is 0.490 e. The predicted octanol–water partition coefficient (Wildman–Crippen LogP) is 6.41. The Bertz CT molecular complexity index is 1510. The van der Waals surface area contributed by atoms with Crippen molar-refractivity contribution in [1.29, 1.82) is 0 Å². The van der Waals surface area contributed by atoms with Gasteiger partial charge in [0.1, 0.15) is 12.4 Å². The molecule has 0 saturated heterocycles. The molecule has 0 bridgehead atoms. The molecule has 8 nitrogen and oxygen atoms in total. The van der Waals surface area contributed by atoms with Crippen LogP contribution in [0.3, 0.4) is 0 Å². The van der Waals surface area contributed by atoms with Gasteiger partial charge >= 0.3 is 0 Å².